The average molecular weight is 264 g/mol. The van der Waals surface area contributed by atoms with E-state index in [0.717, 1.165) is 19.4 Å². The van der Waals surface area contributed by atoms with E-state index in [1.165, 1.54) is 5.56 Å². The summed E-state index contributed by atoms with van der Waals surface area (Å²) in [5.41, 5.74) is 6.40. The summed E-state index contributed by atoms with van der Waals surface area (Å²) in [7, 11) is 0. The van der Waals surface area contributed by atoms with E-state index in [4.69, 9.17) is 10.5 Å². The van der Waals surface area contributed by atoms with Gasteiger partial charge in [0, 0.05) is 6.04 Å². The van der Waals surface area contributed by atoms with Crippen LogP contribution in [0.25, 0.3) is 0 Å². The number of rotatable bonds is 8. The molecule has 3 N–H and O–H groups in total. The second-order valence-electron chi connectivity index (χ2n) is 4.65. The fraction of sp³-hybridized carbons (Fsp3) is 0.533. The van der Waals surface area contributed by atoms with Crippen molar-refractivity contribution < 1.29 is 9.53 Å². The van der Waals surface area contributed by atoms with Crippen molar-refractivity contribution in [1.29, 1.82) is 0 Å². The SMILES string of the molecule is CCCNC(CC)c1ccc(OC(C)C(N)=O)cc1. The Balaban J connectivity index is 2.66. The predicted octanol–water partition coefficient (Wildman–Crippen LogP) is 2.39. The van der Waals surface area contributed by atoms with E-state index in [1.807, 2.05) is 24.3 Å². The summed E-state index contributed by atoms with van der Waals surface area (Å²) < 4.78 is 5.43. The highest BCUT2D eigenvalue weighted by Gasteiger charge is 2.11. The number of primary amides is 1. The van der Waals surface area contributed by atoms with E-state index in [-0.39, 0.29) is 0 Å². The van der Waals surface area contributed by atoms with Crippen molar-refractivity contribution in [3.05, 3.63) is 29.8 Å². The van der Waals surface area contributed by atoms with Gasteiger partial charge in [0.25, 0.3) is 5.91 Å². The Hall–Kier alpha value is -1.55. The molecule has 0 aliphatic carbocycles. The molecule has 1 amide bonds. The summed E-state index contributed by atoms with van der Waals surface area (Å²) in [4.78, 5) is 10.9. The fourth-order valence-electron chi connectivity index (χ4n) is 1.86. The number of nitrogens with two attached hydrogens (primary N) is 1. The van der Waals surface area contributed by atoms with Crippen molar-refractivity contribution in [1.82, 2.24) is 5.32 Å². The van der Waals surface area contributed by atoms with E-state index in [1.54, 1.807) is 6.92 Å². The quantitative estimate of drug-likeness (QED) is 0.757. The monoisotopic (exact) mass is 264 g/mol. The number of carbonyl (C=O) groups excluding carboxylic acids is 1. The van der Waals surface area contributed by atoms with Crippen LogP contribution in [0.4, 0.5) is 0 Å². The minimum absolute atomic E-state index is 0.363. The molecule has 0 radical (unpaired) electrons. The Morgan fingerprint density at radius 2 is 1.95 bits per heavy atom. The molecule has 0 bridgehead atoms. The largest absolute Gasteiger partial charge is 0.481 e. The Bertz CT molecular complexity index is 390. The third kappa shape index (κ3) is 4.91. The molecule has 0 aliphatic rings. The van der Waals surface area contributed by atoms with Gasteiger partial charge >= 0.3 is 0 Å². The Morgan fingerprint density at radius 1 is 1.32 bits per heavy atom. The number of benzene rings is 1. The number of amides is 1. The van der Waals surface area contributed by atoms with Crippen LogP contribution in [0.1, 0.15) is 45.2 Å². The number of nitrogens with one attached hydrogen (secondary N) is 1. The molecule has 1 rings (SSSR count). The highest BCUT2D eigenvalue weighted by Crippen LogP contribution is 2.20. The third-order valence-electron chi connectivity index (χ3n) is 3.04. The summed E-state index contributed by atoms with van der Waals surface area (Å²) in [6.45, 7) is 6.97. The van der Waals surface area contributed by atoms with Gasteiger partial charge in [-0.15, -0.1) is 0 Å². The molecule has 106 valence electrons. The lowest BCUT2D eigenvalue weighted by Gasteiger charge is -2.18. The first-order valence-electron chi connectivity index (χ1n) is 6.87. The molecule has 2 unspecified atom stereocenters. The maximum atomic E-state index is 10.9. The lowest BCUT2D eigenvalue weighted by molar-refractivity contribution is -0.123. The predicted molar refractivity (Wildman–Crippen MR) is 77.1 cm³/mol. The molecule has 4 heteroatoms. The van der Waals surface area contributed by atoms with Gasteiger partial charge in [-0.2, -0.15) is 0 Å². The van der Waals surface area contributed by atoms with E-state index >= 15 is 0 Å². The van der Waals surface area contributed by atoms with Gasteiger partial charge < -0.3 is 15.8 Å². The van der Waals surface area contributed by atoms with Gasteiger partial charge in [0.2, 0.25) is 0 Å². The zero-order valence-electron chi connectivity index (χ0n) is 12.0. The maximum absolute atomic E-state index is 10.9. The minimum Gasteiger partial charge on any atom is -0.481 e. The Labute approximate surface area is 115 Å². The molecule has 4 nitrogen and oxygen atoms in total. The third-order valence-corrected chi connectivity index (χ3v) is 3.04. The van der Waals surface area contributed by atoms with Gasteiger partial charge in [-0.1, -0.05) is 26.0 Å². The van der Waals surface area contributed by atoms with Crippen molar-refractivity contribution in [2.24, 2.45) is 5.73 Å². The smallest absolute Gasteiger partial charge is 0.258 e. The van der Waals surface area contributed by atoms with Crippen LogP contribution in [0.15, 0.2) is 24.3 Å². The molecular formula is C15H24N2O2. The Kier molecular flexibility index (Phi) is 6.36. The summed E-state index contributed by atoms with van der Waals surface area (Å²) in [6, 6.07) is 8.18. The molecule has 0 heterocycles. The zero-order chi connectivity index (χ0) is 14.3. The van der Waals surface area contributed by atoms with E-state index in [2.05, 4.69) is 19.2 Å². The van der Waals surface area contributed by atoms with Crippen LogP contribution in [0.3, 0.4) is 0 Å². The zero-order valence-corrected chi connectivity index (χ0v) is 12.0. The van der Waals surface area contributed by atoms with Gasteiger partial charge in [-0.05, 0) is 44.0 Å². The molecular weight excluding hydrogens is 240 g/mol. The number of hydrogen-bond donors (Lipinski definition) is 2. The van der Waals surface area contributed by atoms with Crippen molar-refractivity contribution in [2.45, 2.75) is 45.8 Å². The van der Waals surface area contributed by atoms with Crippen LogP contribution in [0.2, 0.25) is 0 Å². The first-order valence-corrected chi connectivity index (χ1v) is 6.87. The molecule has 0 saturated heterocycles. The van der Waals surface area contributed by atoms with Crippen LogP contribution in [0, 0.1) is 0 Å². The highest BCUT2D eigenvalue weighted by molar-refractivity contribution is 5.78. The van der Waals surface area contributed by atoms with Gasteiger partial charge in [0.05, 0.1) is 0 Å². The van der Waals surface area contributed by atoms with Crippen molar-refractivity contribution in [2.75, 3.05) is 6.54 Å². The molecule has 0 aromatic heterocycles. The van der Waals surface area contributed by atoms with Crippen molar-refractivity contribution in [3.8, 4) is 5.75 Å². The average Bonchev–Trinajstić information content (AvgIpc) is 2.41. The van der Waals surface area contributed by atoms with Gasteiger partial charge in [-0.3, -0.25) is 4.79 Å². The van der Waals surface area contributed by atoms with Crippen LogP contribution >= 0.6 is 0 Å². The first-order chi connectivity index (χ1) is 9.08. The molecule has 2 atom stereocenters. The minimum atomic E-state index is -0.606. The highest BCUT2D eigenvalue weighted by atomic mass is 16.5. The topological polar surface area (TPSA) is 64.3 Å². The summed E-state index contributed by atoms with van der Waals surface area (Å²) in [5.74, 6) is 0.209. The number of ether oxygens (including phenoxy) is 1. The van der Waals surface area contributed by atoms with Gasteiger partial charge in [-0.25, -0.2) is 0 Å². The Morgan fingerprint density at radius 3 is 2.42 bits per heavy atom. The summed E-state index contributed by atoms with van der Waals surface area (Å²) in [6.07, 6.45) is 1.55. The van der Waals surface area contributed by atoms with Crippen molar-refractivity contribution >= 4 is 5.91 Å². The van der Waals surface area contributed by atoms with Crippen molar-refractivity contribution in [3.63, 3.8) is 0 Å². The molecule has 19 heavy (non-hydrogen) atoms. The van der Waals surface area contributed by atoms with E-state index in [0.29, 0.717) is 11.8 Å². The van der Waals surface area contributed by atoms with Crippen LogP contribution in [0.5, 0.6) is 5.75 Å². The second kappa shape index (κ2) is 7.79. The maximum Gasteiger partial charge on any atom is 0.258 e. The van der Waals surface area contributed by atoms with E-state index in [9.17, 15) is 4.79 Å². The number of carbonyl (C=O) groups is 1. The molecule has 0 spiro atoms. The number of hydrogen-bond acceptors (Lipinski definition) is 3. The van der Waals surface area contributed by atoms with E-state index < -0.39 is 12.0 Å². The van der Waals surface area contributed by atoms with Gasteiger partial charge in [0.15, 0.2) is 6.10 Å². The van der Waals surface area contributed by atoms with Crippen LogP contribution < -0.4 is 15.8 Å². The second-order valence-corrected chi connectivity index (χ2v) is 4.65. The lowest BCUT2D eigenvalue weighted by Crippen LogP contribution is -2.30. The molecule has 1 aromatic carbocycles. The normalized spacial score (nSPS) is 13.8. The fourth-order valence-corrected chi connectivity index (χ4v) is 1.86. The molecule has 1 aromatic rings. The standard InChI is InChI=1S/C15H24N2O2/c1-4-10-17-14(5-2)12-6-8-13(9-7-12)19-11(3)15(16)18/h6-9,11,14,17H,4-5,10H2,1-3H3,(H2,16,18). The summed E-state index contributed by atoms with van der Waals surface area (Å²) in [5, 5.41) is 3.50. The van der Waals surface area contributed by atoms with Crippen LogP contribution in [-0.4, -0.2) is 18.6 Å². The summed E-state index contributed by atoms with van der Waals surface area (Å²) >= 11 is 0. The molecule has 0 saturated carbocycles. The van der Waals surface area contributed by atoms with Gasteiger partial charge in [0.1, 0.15) is 5.75 Å². The molecule has 0 fully saturated rings. The van der Waals surface area contributed by atoms with Crippen LogP contribution in [-0.2, 0) is 4.79 Å². The lowest BCUT2D eigenvalue weighted by atomic mass is 10.0. The molecule has 0 aliphatic heterocycles. The first kappa shape index (κ1) is 15.5.